The molecule has 3 atom stereocenters. The standard InChI is InChI=1S/C33H35N3O7S/c1-33(2,3)43-32(41)35-24(20-13-7-4-8-14-20)28(38)34-25-29(39)36-26(23(37)19-44-30(25)36)31(40)42-27(21-15-9-5-10-16-21)22-17-11-6-12-18-22/h4-7,9-12,14-18,24-25,27,30,37H,8,13,19H2,1-3H3,(H,34,38)(H,35,41)/t24?,25?,30-/m0/s1. The van der Waals surface area contributed by atoms with Crippen molar-refractivity contribution in [3.8, 4) is 0 Å². The molecule has 2 unspecified atom stereocenters. The molecule has 2 aromatic rings. The summed E-state index contributed by atoms with van der Waals surface area (Å²) >= 11 is 1.21. The molecule has 3 amide bonds. The predicted molar refractivity (Wildman–Crippen MR) is 165 cm³/mol. The minimum absolute atomic E-state index is 0.0438. The topological polar surface area (TPSA) is 134 Å². The average Bonchev–Trinajstić information content (AvgIpc) is 3.01. The molecule has 1 saturated heterocycles. The highest BCUT2D eigenvalue weighted by atomic mass is 32.2. The minimum atomic E-state index is -1.06. The minimum Gasteiger partial charge on any atom is -0.509 e. The second kappa shape index (κ2) is 13.0. The van der Waals surface area contributed by atoms with E-state index in [1.807, 2.05) is 78.9 Å². The molecule has 1 fully saturated rings. The summed E-state index contributed by atoms with van der Waals surface area (Å²) in [5, 5.41) is 15.5. The normalized spacial score (nSPS) is 20.2. The molecule has 0 bridgehead atoms. The van der Waals surface area contributed by atoms with Gasteiger partial charge in [0.15, 0.2) is 11.8 Å². The first-order chi connectivity index (χ1) is 21.0. The highest BCUT2D eigenvalue weighted by molar-refractivity contribution is 8.00. The van der Waals surface area contributed by atoms with E-state index in [0.29, 0.717) is 18.4 Å². The SMILES string of the molecule is CC(C)(C)OC(=O)NC(C(=O)NC1C(=O)N2C(C(=O)OC(c3ccccc3)c3ccccc3)=C(O)CS[C@@H]12)C1=CCC=CC1. The number of esters is 1. The van der Waals surface area contributed by atoms with E-state index in [9.17, 15) is 24.3 Å². The van der Waals surface area contributed by atoms with Crippen LogP contribution >= 0.6 is 11.8 Å². The Labute approximate surface area is 260 Å². The number of nitrogens with zero attached hydrogens (tertiary/aromatic N) is 1. The molecule has 2 aromatic carbocycles. The lowest BCUT2D eigenvalue weighted by molar-refractivity contribution is -0.155. The van der Waals surface area contributed by atoms with Crippen molar-refractivity contribution < 1.29 is 33.8 Å². The second-order valence-corrected chi connectivity index (χ2v) is 12.7. The van der Waals surface area contributed by atoms with Gasteiger partial charge in [-0.05, 0) is 50.3 Å². The van der Waals surface area contributed by atoms with Gasteiger partial charge in [-0.2, -0.15) is 0 Å². The quantitative estimate of drug-likeness (QED) is 0.221. The van der Waals surface area contributed by atoms with Gasteiger partial charge < -0.3 is 25.2 Å². The predicted octanol–water partition coefficient (Wildman–Crippen LogP) is 4.66. The van der Waals surface area contributed by atoms with Crippen LogP contribution in [0.1, 0.15) is 50.8 Å². The molecule has 3 N–H and O–H groups in total. The van der Waals surface area contributed by atoms with E-state index < -0.39 is 53.0 Å². The van der Waals surface area contributed by atoms with E-state index in [2.05, 4.69) is 10.6 Å². The number of ether oxygens (including phenoxy) is 2. The van der Waals surface area contributed by atoms with Crippen LogP contribution in [0.3, 0.4) is 0 Å². The van der Waals surface area contributed by atoms with Gasteiger partial charge in [0.05, 0.1) is 5.75 Å². The number of aliphatic hydroxyl groups excluding tert-OH is 1. The zero-order valence-electron chi connectivity index (χ0n) is 24.7. The number of alkyl carbamates (subject to hydrolysis) is 1. The molecule has 0 saturated carbocycles. The van der Waals surface area contributed by atoms with Crippen LogP contribution < -0.4 is 10.6 Å². The van der Waals surface area contributed by atoms with Crippen molar-refractivity contribution >= 4 is 35.6 Å². The van der Waals surface area contributed by atoms with E-state index in [0.717, 1.165) is 11.1 Å². The Balaban J connectivity index is 1.32. The summed E-state index contributed by atoms with van der Waals surface area (Å²) in [4.78, 5) is 54.3. The highest BCUT2D eigenvalue weighted by Crippen LogP contribution is 2.41. The van der Waals surface area contributed by atoms with Crippen LogP contribution in [0.5, 0.6) is 0 Å². The maximum Gasteiger partial charge on any atom is 0.408 e. The number of carbonyl (C=O) groups is 4. The van der Waals surface area contributed by atoms with Crippen molar-refractivity contribution in [2.45, 2.75) is 62.8 Å². The number of β-lactam (4-membered cyclic amide) rings is 1. The van der Waals surface area contributed by atoms with Crippen molar-refractivity contribution in [2.24, 2.45) is 0 Å². The lowest BCUT2D eigenvalue weighted by Crippen LogP contribution is -2.71. The Hall–Kier alpha value is -4.51. The number of hydrogen-bond donors (Lipinski definition) is 3. The fourth-order valence-corrected chi connectivity index (χ4v) is 6.38. The summed E-state index contributed by atoms with van der Waals surface area (Å²) in [6, 6.07) is 16.3. The molecule has 5 rings (SSSR count). The summed E-state index contributed by atoms with van der Waals surface area (Å²) < 4.78 is 11.3. The van der Waals surface area contributed by atoms with Gasteiger partial charge in [-0.15, -0.1) is 11.8 Å². The summed E-state index contributed by atoms with van der Waals surface area (Å²) in [5.41, 5.74) is 1.11. The van der Waals surface area contributed by atoms with Crippen molar-refractivity contribution in [3.63, 3.8) is 0 Å². The average molecular weight is 618 g/mol. The summed E-state index contributed by atoms with van der Waals surface area (Å²) in [5.74, 6) is -2.24. The fraction of sp³-hybridized carbons (Fsp3) is 0.333. The number of aliphatic hydroxyl groups is 1. The number of allylic oxidation sites excluding steroid dienone is 3. The van der Waals surface area contributed by atoms with Gasteiger partial charge in [-0.1, -0.05) is 78.9 Å². The molecule has 0 radical (unpaired) electrons. The number of rotatable bonds is 8. The number of benzene rings is 2. The Morgan fingerprint density at radius 3 is 2.20 bits per heavy atom. The van der Waals surface area contributed by atoms with Gasteiger partial charge in [0.1, 0.15) is 28.8 Å². The molecule has 0 spiro atoms. The molecule has 0 aromatic heterocycles. The van der Waals surface area contributed by atoms with Crippen molar-refractivity contribution in [1.29, 1.82) is 0 Å². The first-order valence-corrected chi connectivity index (χ1v) is 15.4. The van der Waals surface area contributed by atoms with E-state index in [1.165, 1.54) is 16.7 Å². The first-order valence-electron chi connectivity index (χ1n) is 14.3. The van der Waals surface area contributed by atoms with Crippen LogP contribution in [0.25, 0.3) is 0 Å². The first kappa shape index (κ1) is 30.9. The Morgan fingerprint density at radius 2 is 1.64 bits per heavy atom. The lowest BCUT2D eigenvalue weighted by Gasteiger charge is -2.49. The van der Waals surface area contributed by atoms with E-state index in [1.54, 1.807) is 20.8 Å². The Bertz CT molecular complexity index is 1480. The molecule has 10 nitrogen and oxygen atoms in total. The zero-order valence-corrected chi connectivity index (χ0v) is 25.5. The lowest BCUT2D eigenvalue weighted by atomic mass is 9.96. The van der Waals surface area contributed by atoms with E-state index >= 15 is 0 Å². The summed E-state index contributed by atoms with van der Waals surface area (Å²) in [7, 11) is 0. The van der Waals surface area contributed by atoms with Gasteiger partial charge in [0.25, 0.3) is 5.91 Å². The second-order valence-electron chi connectivity index (χ2n) is 11.6. The van der Waals surface area contributed by atoms with Crippen LogP contribution in [0.15, 0.2) is 95.9 Å². The summed E-state index contributed by atoms with van der Waals surface area (Å²) in [6.45, 7) is 5.17. The third-order valence-electron chi connectivity index (χ3n) is 7.20. The van der Waals surface area contributed by atoms with Crippen molar-refractivity contribution in [1.82, 2.24) is 15.5 Å². The van der Waals surface area contributed by atoms with Gasteiger partial charge in [0.2, 0.25) is 5.91 Å². The molecular weight excluding hydrogens is 582 g/mol. The smallest absolute Gasteiger partial charge is 0.408 e. The molecule has 230 valence electrons. The fourth-order valence-electron chi connectivity index (χ4n) is 5.18. The van der Waals surface area contributed by atoms with Crippen molar-refractivity contribution in [2.75, 3.05) is 5.75 Å². The van der Waals surface area contributed by atoms with Crippen LogP contribution in [-0.2, 0) is 23.9 Å². The van der Waals surface area contributed by atoms with E-state index in [4.69, 9.17) is 9.47 Å². The number of nitrogens with one attached hydrogen (secondary N) is 2. The number of fused-ring (bicyclic) bond motifs is 1. The molecule has 11 heteroatoms. The molecule has 2 aliphatic heterocycles. The number of hydrogen-bond acceptors (Lipinski definition) is 8. The largest absolute Gasteiger partial charge is 0.509 e. The Morgan fingerprint density at radius 1 is 1.00 bits per heavy atom. The molecule has 44 heavy (non-hydrogen) atoms. The number of carbonyl (C=O) groups excluding carboxylic acids is 4. The summed E-state index contributed by atoms with van der Waals surface area (Å²) in [6.07, 6.45) is 5.24. The highest BCUT2D eigenvalue weighted by Gasteiger charge is 2.55. The number of amides is 3. The maximum absolute atomic E-state index is 13.6. The van der Waals surface area contributed by atoms with Crippen LogP contribution in [0.2, 0.25) is 0 Å². The van der Waals surface area contributed by atoms with Gasteiger partial charge in [0, 0.05) is 0 Å². The monoisotopic (exact) mass is 617 g/mol. The number of thioether (sulfide) groups is 1. The molecule has 2 heterocycles. The third-order valence-corrected chi connectivity index (χ3v) is 8.46. The van der Waals surface area contributed by atoms with E-state index in [-0.39, 0.29) is 17.2 Å². The third kappa shape index (κ3) is 6.83. The van der Waals surface area contributed by atoms with Crippen molar-refractivity contribution in [3.05, 3.63) is 107 Å². The van der Waals surface area contributed by atoms with Crippen LogP contribution in [-0.4, -0.2) is 62.7 Å². The zero-order chi connectivity index (χ0) is 31.4. The Kier molecular flexibility index (Phi) is 9.14. The molecule has 1 aliphatic carbocycles. The van der Waals surface area contributed by atoms with Gasteiger partial charge >= 0.3 is 12.1 Å². The van der Waals surface area contributed by atoms with Crippen LogP contribution in [0.4, 0.5) is 4.79 Å². The van der Waals surface area contributed by atoms with Gasteiger partial charge in [-0.3, -0.25) is 14.5 Å². The maximum atomic E-state index is 13.6. The van der Waals surface area contributed by atoms with Gasteiger partial charge in [-0.25, -0.2) is 9.59 Å². The molecule has 3 aliphatic rings. The van der Waals surface area contributed by atoms with Crippen LogP contribution in [0, 0.1) is 0 Å². The molecular formula is C33H35N3O7S.